The molecule has 24 heavy (non-hydrogen) atoms. The van der Waals surface area contributed by atoms with Crippen LogP contribution in [0.3, 0.4) is 0 Å². The molecule has 2 aromatic rings. The third kappa shape index (κ3) is 6.08. The summed E-state index contributed by atoms with van der Waals surface area (Å²) in [6.45, 7) is 0. The van der Waals surface area contributed by atoms with Crippen molar-refractivity contribution in [3.63, 3.8) is 0 Å². The van der Waals surface area contributed by atoms with Crippen LogP contribution in [0, 0.1) is 5.92 Å². The first-order chi connectivity index (χ1) is 11.6. The van der Waals surface area contributed by atoms with Gasteiger partial charge in [-0.3, -0.25) is 0 Å². The normalized spacial score (nSPS) is 16.0. The van der Waals surface area contributed by atoms with Crippen molar-refractivity contribution in [3.8, 4) is 0 Å². The SMILES string of the molecule is O=C([O-])C1C=CC(Cl)=CC1=S.c1ccc([As+]c2ccccc2)cc1. The van der Waals surface area contributed by atoms with Gasteiger partial charge in [0, 0.05) is 9.90 Å². The van der Waals surface area contributed by atoms with Crippen LogP contribution in [0.1, 0.15) is 0 Å². The van der Waals surface area contributed by atoms with Gasteiger partial charge in [-0.15, -0.1) is 0 Å². The van der Waals surface area contributed by atoms with Crippen LogP contribution in [0.2, 0.25) is 0 Å². The second-order valence-electron chi connectivity index (χ2n) is 4.87. The van der Waals surface area contributed by atoms with Crippen LogP contribution in [0.15, 0.2) is 83.9 Å². The number of allylic oxidation sites excluding steroid dienone is 3. The number of hydrogen-bond donors (Lipinski definition) is 0. The maximum atomic E-state index is 10.3. The zero-order chi connectivity index (χ0) is 17.4. The van der Waals surface area contributed by atoms with E-state index in [1.54, 1.807) is 0 Å². The van der Waals surface area contributed by atoms with E-state index in [1.807, 2.05) is 0 Å². The number of hydrogen-bond acceptors (Lipinski definition) is 3. The molecule has 3 rings (SSSR count). The molecular formula is C19H14AsClO2S. The van der Waals surface area contributed by atoms with Gasteiger partial charge in [-0.05, 0) is 12.2 Å². The topological polar surface area (TPSA) is 40.1 Å². The summed E-state index contributed by atoms with van der Waals surface area (Å²) in [7, 11) is 0. The molecule has 120 valence electrons. The fourth-order valence-corrected chi connectivity index (χ4v) is 4.44. The van der Waals surface area contributed by atoms with Gasteiger partial charge in [-0.2, -0.15) is 0 Å². The van der Waals surface area contributed by atoms with Gasteiger partial charge in [0.1, 0.15) is 0 Å². The van der Waals surface area contributed by atoms with Gasteiger partial charge in [-0.1, -0.05) is 29.9 Å². The van der Waals surface area contributed by atoms with E-state index in [0.29, 0.717) is 5.03 Å². The average molecular weight is 417 g/mol. The number of benzene rings is 2. The van der Waals surface area contributed by atoms with Gasteiger partial charge in [0.05, 0.1) is 11.9 Å². The molecule has 0 spiro atoms. The fraction of sp³-hybridized carbons (Fsp3) is 0.0526. The molecular weight excluding hydrogens is 403 g/mol. The van der Waals surface area contributed by atoms with Gasteiger partial charge in [-0.25, -0.2) is 0 Å². The van der Waals surface area contributed by atoms with Gasteiger partial charge in [0.25, 0.3) is 0 Å². The van der Waals surface area contributed by atoms with Crippen LogP contribution in [-0.2, 0) is 4.79 Å². The van der Waals surface area contributed by atoms with Crippen molar-refractivity contribution in [2.75, 3.05) is 0 Å². The molecule has 5 heteroatoms. The quantitative estimate of drug-likeness (QED) is 0.565. The molecule has 0 aliphatic heterocycles. The van der Waals surface area contributed by atoms with Crippen molar-refractivity contribution in [1.82, 2.24) is 0 Å². The summed E-state index contributed by atoms with van der Waals surface area (Å²) in [6.07, 6.45) is 4.36. The van der Waals surface area contributed by atoms with E-state index in [0.717, 1.165) is 0 Å². The average Bonchev–Trinajstić information content (AvgIpc) is 2.57. The maximum absolute atomic E-state index is 10.3. The number of thiocarbonyl (C=S) groups is 1. The summed E-state index contributed by atoms with van der Waals surface area (Å²) in [5.41, 5.74) is 0. The van der Waals surface area contributed by atoms with Gasteiger partial charge < -0.3 is 9.90 Å². The predicted molar refractivity (Wildman–Crippen MR) is 102 cm³/mol. The van der Waals surface area contributed by atoms with Crippen molar-refractivity contribution in [1.29, 1.82) is 0 Å². The molecule has 2 aromatic carbocycles. The van der Waals surface area contributed by atoms with Crippen molar-refractivity contribution in [3.05, 3.63) is 83.9 Å². The van der Waals surface area contributed by atoms with E-state index in [4.69, 9.17) is 23.8 Å². The monoisotopic (exact) mass is 416 g/mol. The minimum absolute atomic E-state index is 0.177. The van der Waals surface area contributed by atoms with E-state index in [9.17, 15) is 9.90 Å². The van der Waals surface area contributed by atoms with Crippen molar-refractivity contribution >= 4 is 59.1 Å². The number of rotatable bonds is 3. The summed E-state index contributed by atoms with van der Waals surface area (Å²) in [5, 5.41) is 10.8. The molecule has 0 aromatic heterocycles. The molecule has 0 amide bonds. The summed E-state index contributed by atoms with van der Waals surface area (Å²) in [5.74, 6) is -1.99. The Labute approximate surface area is 158 Å². The van der Waals surface area contributed by atoms with Crippen LogP contribution in [0.25, 0.3) is 0 Å². The summed E-state index contributed by atoms with van der Waals surface area (Å²) in [4.78, 5) is 10.6. The van der Waals surface area contributed by atoms with Crippen LogP contribution < -0.4 is 13.8 Å². The zero-order valence-electron chi connectivity index (χ0n) is 12.6. The Hall–Kier alpha value is -1.67. The standard InChI is InChI=1S/C12H10As.C7H5ClO2S/c1-3-7-11(8-4-1)13-12-9-5-2-6-10-12;8-4-1-2-5(7(9)10)6(11)3-4/h1-10H;1-3,5H,(H,9,10)/q+1;/p-1. The van der Waals surface area contributed by atoms with Crippen LogP contribution >= 0.6 is 23.8 Å². The second-order valence-corrected chi connectivity index (χ2v) is 8.41. The molecule has 0 saturated carbocycles. The first-order valence-corrected chi connectivity index (χ1v) is 9.84. The molecule has 0 fully saturated rings. The summed E-state index contributed by atoms with van der Waals surface area (Å²) in [6, 6.07) is 21.4. The third-order valence-electron chi connectivity index (χ3n) is 3.06. The Bertz CT molecular complexity index is 720. The van der Waals surface area contributed by atoms with Gasteiger partial charge in [0.15, 0.2) is 0 Å². The van der Waals surface area contributed by atoms with Crippen LogP contribution in [0.4, 0.5) is 0 Å². The van der Waals surface area contributed by atoms with E-state index in [1.165, 1.54) is 26.9 Å². The molecule has 0 saturated heterocycles. The number of aliphatic carboxylic acids is 1. The van der Waals surface area contributed by atoms with E-state index in [-0.39, 0.29) is 20.6 Å². The Balaban J connectivity index is 0.000000177. The molecule has 2 radical (unpaired) electrons. The third-order valence-corrected chi connectivity index (χ3v) is 6.00. The van der Waals surface area contributed by atoms with E-state index in [2.05, 4.69) is 60.7 Å². The number of halogens is 1. The molecule has 0 bridgehead atoms. The van der Waals surface area contributed by atoms with Crippen molar-refractivity contribution < 1.29 is 9.90 Å². The minimum atomic E-state index is -1.19. The number of carboxylic acid groups (broad SMARTS) is 1. The molecule has 2 nitrogen and oxygen atoms in total. The summed E-state index contributed by atoms with van der Waals surface area (Å²) >= 11 is 10.5. The van der Waals surface area contributed by atoms with E-state index < -0.39 is 11.9 Å². The van der Waals surface area contributed by atoms with Crippen molar-refractivity contribution in [2.24, 2.45) is 5.92 Å². The second kappa shape index (κ2) is 9.58. The first-order valence-electron chi connectivity index (χ1n) is 7.18. The van der Waals surface area contributed by atoms with E-state index >= 15 is 0 Å². The molecule has 0 N–H and O–H groups in total. The molecule has 1 unspecified atom stereocenters. The van der Waals surface area contributed by atoms with Crippen LogP contribution in [-0.4, -0.2) is 26.6 Å². The number of carbonyl (C=O) groups is 1. The number of carboxylic acids is 1. The predicted octanol–water partition coefficient (Wildman–Crippen LogP) is 1.76. The Morgan fingerprint density at radius 2 is 1.50 bits per heavy atom. The molecule has 0 heterocycles. The first kappa shape index (κ1) is 18.7. The fourth-order valence-electron chi connectivity index (χ4n) is 1.91. The zero-order valence-corrected chi connectivity index (χ0v) is 16.1. The Morgan fingerprint density at radius 3 is 1.92 bits per heavy atom. The Morgan fingerprint density at radius 1 is 1.00 bits per heavy atom. The van der Waals surface area contributed by atoms with Crippen LogP contribution in [0.5, 0.6) is 0 Å². The molecule has 1 aliphatic carbocycles. The Kier molecular flexibility index (Phi) is 7.45. The van der Waals surface area contributed by atoms with Crippen molar-refractivity contribution in [2.45, 2.75) is 0 Å². The van der Waals surface area contributed by atoms with Gasteiger partial charge in [0.2, 0.25) is 0 Å². The number of carbonyl (C=O) groups excluding carboxylic acids is 1. The molecule has 1 atom stereocenters. The molecule has 1 aliphatic rings. The summed E-state index contributed by atoms with van der Waals surface area (Å²) < 4.78 is 2.93. The van der Waals surface area contributed by atoms with Gasteiger partial charge >= 0.3 is 85.1 Å².